The molecular formula is C22H31NO3. The van der Waals surface area contributed by atoms with E-state index >= 15 is 0 Å². The first kappa shape index (κ1) is 20.1. The highest BCUT2D eigenvalue weighted by molar-refractivity contribution is 5.97. The van der Waals surface area contributed by atoms with E-state index in [1.54, 1.807) is 6.08 Å². The fourth-order valence-corrected chi connectivity index (χ4v) is 3.18. The van der Waals surface area contributed by atoms with E-state index in [4.69, 9.17) is 9.15 Å². The number of amides is 1. The Labute approximate surface area is 156 Å². The summed E-state index contributed by atoms with van der Waals surface area (Å²) in [6, 6.07) is 4.01. The number of carbonyl (C=O) groups excluding carboxylic acids is 1. The van der Waals surface area contributed by atoms with E-state index in [2.05, 4.69) is 26.8 Å². The third-order valence-electron chi connectivity index (χ3n) is 4.64. The van der Waals surface area contributed by atoms with Gasteiger partial charge in [0.25, 0.3) is 0 Å². The van der Waals surface area contributed by atoms with E-state index < -0.39 is 0 Å². The van der Waals surface area contributed by atoms with Gasteiger partial charge in [0.2, 0.25) is 5.91 Å². The van der Waals surface area contributed by atoms with Crippen LogP contribution >= 0.6 is 0 Å². The lowest BCUT2D eigenvalue weighted by Gasteiger charge is -2.20. The van der Waals surface area contributed by atoms with Crippen LogP contribution in [-0.4, -0.2) is 30.5 Å². The van der Waals surface area contributed by atoms with Crippen LogP contribution in [0, 0.1) is 13.8 Å². The molecule has 0 unspecified atom stereocenters. The van der Waals surface area contributed by atoms with Gasteiger partial charge < -0.3 is 14.1 Å². The Morgan fingerprint density at radius 1 is 1.15 bits per heavy atom. The van der Waals surface area contributed by atoms with Gasteiger partial charge in [-0.15, -0.1) is 0 Å². The van der Waals surface area contributed by atoms with Crippen molar-refractivity contribution in [2.45, 2.75) is 54.4 Å². The number of hydrogen-bond acceptors (Lipinski definition) is 3. The van der Waals surface area contributed by atoms with Crippen LogP contribution in [0.2, 0.25) is 0 Å². The number of nitrogens with zero attached hydrogens (tertiary/aromatic N) is 1. The second-order valence-corrected chi connectivity index (χ2v) is 6.71. The van der Waals surface area contributed by atoms with Gasteiger partial charge in [0.05, 0.1) is 6.61 Å². The molecule has 0 spiro atoms. The smallest absolute Gasteiger partial charge is 0.246 e. The van der Waals surface area contributed by atoms with E-state index in [0.717, 1.165) is 65.1 Å². The molecule has 4 heteroatoms. The van der Waals surface area contributed by atoms with Gasteiger partial charge in [0, 0.05) is 36.2 Å². The van der Waals surface area contributed by atoms with Gasteiger partial charge in [-0.2, -0.15) is 0 Å². The maximum atomic E-state index is 12.7. The summed E-state index contributed by atoms with van der Waals surface area (Å²) in [5.74, 6) is 1.73. The number of aryl methyl sites for hydroxylation is 2. The summed E-state index contributed by atoms with van der Waals surface area (Å²) >= 11 is 0. The highest BCUT2D eigenvalue weighted by Gasteiger charge is 2.16. The van der Waals surface area contributed by atoms with Crippen molar-refractivity contribution in [2.75, 3.05) is 19.7 Å². The molecule has 2 aromatic rings. The summed E-state index contributed by atoms with van der Waals surface area (Å²) in [6.45, 7) is 14.3. The summed E-state index contributed by atoms with van der Waals surface area (Å²) in [5.41, 5.74) is 3.81. The molecule has 1 aromatic carbocycles. The molecule has 0 atom stereocenters. The molecule has 0 aliphatic heterocycles. The molecule has 1 heterocycles. The van der Waals surface area contributed by atoms with Crippen molar-refractivity contribution in [2.24, 2.45) is 0 Å². The molecule has 0 saturated heterocycles. The Morgan fingerprint density at radius 3 is 2.38 bits per heavy atom. The average Bonchev–Trinajstić information content (AvgIpc) is 2.88. The van der Waals surface area contributed by atoms with Crippen molar-refractivity contribution in [1.29, 1.82) is 0 Å². The van der Waals surface area contributed by atoms with Crippen molar-refractivity contribution in [3.8, 4) is 5.75 Å². The van der Waals surface area contributed by atoms with E-state index in [1.807, 2.05) is 31.7 Å². The lowest BCUT2D eigenvalue weighted by Crippen LogP contribution is -2.31. The summed E-state index contributed by atoms with van der Waals surface area (Å²) in [5, 5.41) is 1.07. The van der Waals surface area contributed by atoms with E-state index in [-0.39, 0.29) is 5.91 Å². The van der Waals surface area contributed by atoms with Crippen LogP contribution in [0.15, 0.2) is 22.6 Å². The van der Waals surface area contributed by atoms with E-state index in [0.29, 0.717) is 6.61 Å². The minimum atomic E-state index is 0.0637. The minimum absolute atomic E-state index is 0.0637. The number of hydrogen-bond donors (Lipinski definition) is 0. The number of rotatable bonds is 8. The number of ether oxygens (including phenoxy) is 1. The zero-order chi connectivity index (χ0) is 19.3. The summed E-state index contributed by atoms with van der Waals surface area (Å²) in [7, 11) is 0. The summed E-state index contributed by atoms with van der Waals surface area (Å²) in [6.07, 6.45) is 3.65. The van der Waals surface area contributed by atoms with Crippen molar-refractivity contribution in [3.05, 3.63) is 35.1 Å². The lowest BCUT2D eigenvalue weighted by molar-refractivity contribution is -0.126. The number of furan rings is 1. The molecule has 0 radical (unpaired) electrons. The molecular weight excluding hydrogens is 326 g/mol. The molecule has 4 nitrogen and oxygen atoms in total. The highest BCUT2D eigenvalue weighted by atomic mass is 16.5. The first-order chi connectivity index (χ1) is 12.4. The van der Waals surface area contributed by atoms with Crippen molar-refractivity contribution >= 4 is 22.4 Å². The van der Waals surface area contributed by atoms with Crippen LogP contribution < -0.4 is 4.74 Å². The third-order valence-corrected chi connectivity index (χ3v) is 4.64. The van der Waals surface area contributed by atoms with E-state index in [1.165, 1.54) is 0 Å². The van der Waals surface area contributed by atoms with Crippen LogP contribution in [0.5, 0.6) is 5.75 Å². The van der Waals surface area contributed by atoms with Crippen LogP contribution in [0.25, 0.3) is 16.5 Å². The highest BCUT2D eigenvalue weighted by Crippen LogP contribution is 2.35. The SMILES string of the molecule is CCCN(CCC)C(=O)/C=C(\C)c1cc2c(C)c(C)oc2cc1OCC. The average molecular weight is 357 g/mol. The Hall–Kier alpha value is -2.23. The predicted molar refractivity (Wildman–Crippen MR) is 108 cm³/mol. The summed E-state index contributed by atoms with van der Waals surface area (Å²) in [4.78, 5) is 14.6. The maximum absolute atomic E-state index is 12.7. The molecule has 0 N–H and O–H groups in total. The molecule has 2 rings (SSSR count). The second kappa shape index (κ2) is 8.93. The molecule has 26 heavy (non-hydrogen) atoms. The maximum Gasteiger partial charge on any atom is 0.246 e. The molecule has 1 amide bonds. The second-order valence-electron chi connectivity index (χ2n) is 6.71. The van der Waals surface area contributed by atoms with Gasteiger partial charge in [-0.1, -0.05) is 13.8 Å². The Bertz CT molecular complexity index is 795. The largest absolute Gasteiger partial charge is 0.493 e. The van der Waals surface area contributed by atoms with Gasteiger partial charge in [-0.25, -0.2) is 0 Å². The van der Waals surface area contributed by atoms with Gasteiger partial charge in [0.1, 0.15) is 17.1 Å². The van der Waals surface area contributed by atoms with Crippen LogP contribution in [0.3, 0.4) is 0 Å². The molecule has 142 valence electrons. The number of carbonyl (C=O) groups is 1. The van der Waals surface area contributed by atoms with Gasteiger partial charge in [-0.3, -0.25) is 4.79 Å². The number of fused-ring (bicyclic) bond motifs is 1. The topological polar surface area (TPSA) is 42.7 Å². The fraction of sp³-hybridized carbons (Fsp3) is 0.500. The van der Waals surface area contributed by atoms with Gasteiger partial charge >= 0.3 is 0 Å². The minimum Gasteiger partial charge on any atom is -0.493 e. The van der Waals surface area contributed by atoms with Crippen molar-refractivity contribution in [1.82, 2.24) is 4.90 Å². The number of allylic oxidation sites excluding steroid dienone is 1. The van der Waals surface area contributed by atoms with Crippen LogP contribution in [0.4, 0.5) is 0 Å². The standard InChI is InChI=1S/C22H31NO3/c1-7-10-23(11-8-2)22(24)12-15(4)18-13-19-16(5)17(6)26-21(19)14-20(18)25-9-3/h12-14H,7-11H2,1-6H3/b15-12+. The fourth-order valence-electron chi connectivity index (χ4n) is 3.18. The summed E-state index contributed by atoms with van der Waals surface area (Å²) < 4.78 is 11.7. The first-order valence-corrected chi connectivity index (χ1v) is 9.56. The molecule has 0 aliphatic carbocycles. The zero-order valence-corrected chi connectivity index (χ0v) is 16.9. The Balaban J connectivity index is 2.46. The zero-order valence-electron chi connectivity index (χ0n) is 16.9. The number of benzene rings is 1. The van der Waals surface area contributed by atoms with Crippen LogP contribution in [0.1, 0.15) is 57.4 Å². The molecule has 1 aromatic heterocycles. The van der Waals surface area contributed by atoms with Gasteiger partial charge in [0.15, 0.2) is 0 Å². The van der Waals surface area contributed by atoms with Crippen molar-refractivity contribution < 1.29 is 13.9 Å². The molecule has 0 aliphatic rings. The lowest BCUT2D eigenvalue weighted by atomic mass is 10.0. The van der Waals surface area contributed by atoms with Crippen LogP contribution in [-0.2, 0) is 4.79 Å². The predicted octanol–water partition coefficient (Wildman–Crippen LogP) is 5.50. The third kappa shape index (κ3) is 4.29. The van der Waals surface area contributed by atoms with Crippen molar-refractivity contribution in [3.63, 3.8) is 0 Å². The monoisotopic (exact) mass is 357 g/mol. The normalized spacial score (nSPS) is 11.8. The molecule has 0 fully saturated rings. The molecule has 0 bridgehead atoms. The first-order valence-electron chi connectivity index (χ1n) is 9.56. The van der Waals surface area contributed by atoms with Gasteiger partial charge in [-0.05, 0) is 57.7 Å². The van der Waals surface area contributed by atoms with E-state index in [9.17, 15) is 4.79 Å². The Kier molecular flexibility index (Phi) is 6.90. The molecule has 0 saturated carbocycles. The Morgan fingerprint density at radius 2 is 1.81 bits per heavy atom. The quantitative estimate of drug-likeness (QED) is 0.586.